The average Bonchev–Trinajstić information content (AvgIpc) is 3.44. The van der Waals surface area contributed by atoms with Crippen LogP contribution in [0.3, 0.4) is 0 Å². The Balaban J connectivity index is 0.00000334. The van der Waals surface area contributed by atoms with E-state index in [4.69, 9.17) is 9.97 Å². The first-order chi connectivity index (χ1) is 18.1. The van der Waals surface area contributed by atoms with E-state index in [1.807, 2.05) is 45.1 Å². The molecule has 0 spiro atoms. The first kappa shape index (κ1) is 33.0. The molecule has 2 heterocycles. The fraction of sp³-hybridized carbons (Fsp3) is 0.464. The van der Waals surface area contributed by atoms with E-state index in [9.17, 15) is 0 Å². The standard InChI is InChI=1S/C26H38N6S3.C2H6/c1-6-8-9-11-22(17-27-4)35-19-24-20(3)31-26(29-18-23-12-10-15-34-23)32-25(24)28-14-13-21(7-2)16-30-33-5;1-2/h6,8-12,15,17,21,30H,4,7,13-14,16,18-19H2,1-3,5H3,(H2,28,29,31,32);1-2H3/b8-6-,11-9-,22-17-;. The second-order valence-corrected chi connectivity index (χ2v) is 10.6. The van der Waals surface area contributed by atoms with Crippen LogP contribution < -0.4 is 15.4 Å². The van der Waals surface area contributed by atoms with Crippen LogP contribution in [-0.2, 0) is 12.3 Å². The van der Waals surface area contributed by atoms with Gasteiger partial charge >= 0.3 is 0 Å². The van der Waals surface area contributed by atoms with E-state index in [1.54, 1.807) is 41.2 Å². The number of aromatic nitrogens is 2. The van der Waals surface area contributed by atoms with Crippen molar-refractivity contribution in [3.8, 4) is 0 Å². The summed E-state index contributed by atoms with van der Waals surface area (Å²) >= 11 is 5.11. The van der Waals surface area contributed by atoms with Gasteiger partial charge in [0.05, 0.1) is 6.54 Å². The fourth-order valence-corrected chi connectivity index (χ4v) is 5.28. The number of hydrogen-bond acceptors (Lipinski definition) is 9. The Bertz CT molecular complexity index is 971. The average molecular weight is 561 g/mol. The van der Waals surface area contributed by atoms with Gasteiger partial charge in [0.1, 0.15) is 5.82 Å². The van der Waals surface area contributed by atoms with Crippen molar-refractivity contribution in [2.24, 2.45) is 10.9 Å². The SMILES string of the molecule is C=N/C=C(/C=C\C=C/C)SCc1c(C)nc(NCc2cccs2)nc1NCCC(CC)CNSC.CC. The normalized spacial score (nSPS) is 12.4. The second-order valence-electron chi connectivity index (χ2n) is 7.82. The molecule has 37 heavy (non-hydrogen) atoms. The number of thioether (sulfide) groups is 1. The number of rotatable bonds is 17. The van der Waals surface area contributed by atoms with Gasteiger partial charge in [0.15, 0.2) is 0 Å². The minimum absolute atomic E-state index is 0.622. The molecule has 0 amide bonds. The Morgan fingerprint density at radius 1 is 1.24 bits per heavy atom. The van der Waals surface area contributed by atoms with E-state index in [1.165, 1.54) is 4.88 Å². The van der Waals surface area contributed by atoms with Crippen molar-refractivity contribution in [1.82, 2.24) is 14.7 Å². The molecular weight excluding hydrogens is 517 g/mol. The van der Waals surface area contributed by atoms with Crippen molar-refractivity contribution in [3.63, 3.8) is 0 Å². The molecule has 0 aromatic carbocycles. The van der Waals surface area contributed by atoms with Gasteiger partial charge in [0.2, 0.25) is 5.95 Å². The number of hydrogen-bond donors (Lipinski definition) is 3. The summed E-state index contributed by atoms with van der Waals surface area (Å²) in [6, 6.07) is 4.18. The lowest BCUT2D eigenvalue weighted by molar-refractivity contribution is 0.482. The Hall–Kier alpha value is -2.07. The molecule has 1 atom stereocenters. The third kappa shape index (κ3) is 13.3. The van der Waals surface area contributed by atoms with E-state index in [0.29, 0.717) is 11.9 Å². The van der Waals surface area contributed by atoms with Gasteiger partial charge < -0.3 is 10.6 Å². The highest BCUT2D eigenvalue weighted by atomic mass is 32.2. The summed E-state index contributed by atoms with van der Waals surface area (Å²) < 4.78 is 3.39. The van der Waals surface area contributed by atoms with Crippen LogP contribution in [0.25, 0.3) is 0 Å². The highest BCUT2D eigenvalue weighted by Gasteiger charge is 2.14. The van der Waals surface area contributed by atoms with E-state index in [-0.39, 0.29) is 0 Å². The quantitative estimate of drug-likeness (QED) is 0.103. The zero-order valence-electron chi connectivity index (χ0n) is 23.2. The number of thiophene rings is 1. The summed E-state index contributed by atoms with van der Waals surface area (Å²) in [4.78, 5) is 15.9. The highest BCUT2D eigenvalue weighted by molar-refractivity contribution is 8.02. The third-order valence-electron chi connectivity index (χ3n) is 5.32. The topological polar surface area (TPSA) is 74.2 Å². The number of aliphatic imine (C=N–C) groups is 1. The Labute approximate surface area is 237 Å². The van der Waals surface area contributed by atoms with Crippen LogP contribution in [-0.4, -0.2) is 36.0 Å². The molecule has 0 saturated heterocycles. The molecule has 0 aliphatic carbocycles. The van der Waals surface area contributed by atoms with Crippen LogP contribution in [0.2, 0.25) is 0 Å². The van der Waals surface area contributed by atoms with Gasteiger partial charge in [-0.25, -0.2) is 4.98 Å². The Morgan fingerprint density at radius 3 is 2.70 bits per heavy atom. The summed E-state index contributed by atoms with van der Waals surface area (Å²) in [5.74, 6) is 2.91. The Morgan fingerprint density at radius 2 is 2.05 bits per heavy atom. The van der Waals surface area contributed by atoms with Gasteiger partial charge in [-0.1, -0.05) is 63.4 Å². The summed E-state index contributed by atoms with van der Waals surface area (Å²) in [6.45, 7) is 16.5. The molecule has 6 nitrogen and oxygen atoms in total. The molecule has 2 aromatic heterocycles. The third-order valence-corrected chi connectivity index (χ3v) is 7.66. The largest absolute Gasteiger partial charge is 0.370 e. The zero-order chi connectivity index (χ0) is 27.3. The molecular formula is C28H44N6S3. The van der Waals surface area contributed by atoms with Crippen molar-refractivity contribution in [2.45, 2.75) is 59.8 Å². The number of aryl methyl sites for hydroxylation is 1. The van der Waals surface area contributed by atoms with E-state index in [0.717, 1.165) is 60.2 Å². The lowest BCUT2D eigenvalue weighted by Gasteiger charge is -2.18. The summed E-state index contributed by atoms with van der Waals surface area (Å²) in [5.41, 5.74) is 2.09. The minimum atomic E-state index is 0.622. The molecule has 3 N–H and O–H groups in total. The molecule has 0 aliphatic rings. The van der Waals surface area contributed by atoms with Gasteiger partial charge in [0, 0.05) is 46.1 Å². The maximum atomic E-state index is 4.87. The van der Waals surface area contributed by atoms with Gasteiger partial charge in [-0.2, -0.15) is 4.98 Å². The Kier molecular flexibility index (Phi) is 18.6. The fourth-order valence-electron chi connectivity index (χ4n) is 3.26. The van der Waals surface area contributed by atoms with Crippen LogP contribution in [0.1, 0.15) is 56.7 Å². The first-order valence-electron chi connectivity index (χ1n) is 12.8. The maximum Gasteiger partial charge on any atom is 0.225 e. The summed E-state index contributed by atoms with van der Waals surface area (Å²) in [7, 11) is 0. The van der Waals surface area contributed by atoms with Gasteiger partial charge in [-0.15, -0.1) is 23.1 Å². The predicted octanol–water partition coefficient (Wildman–Crippen LogP) is 8.09. The lowest BCUT2D eigenvalue weighted by Crippen LogP contribution is -2.20. The van der Waals surface area contributed by atoms with Crippen molar-refractivity contribution in [1.29, 1.82) is 0 Å². The zero-order valence-corrected chi connectivity index (χ0v) is 25.7. The van der Waals surface area contributed by atoms with Gasteiger partial charge in [-0.05, 0) is 56.7 Å². The monoisotopic (exact) mass is 560 g/mol. The molecule has 204 valence electrons. The number of anilines is 2. The van der Waals surface area contributed by atoms with Crippen LogP contribution in [0.15, 0.2) is 57.9 Å². The van der Waals surface area contributed by atoms with Gasteiger partial charge in [0.25, 0.3) is 0 Å². The molecule has 9 heteroatoms. The van der Waals surface area contributed by atoms with E-state index < -0.39 is 0 Å². The van der Waals surface area contributed by atoms with Crippen molar-refractivity contribution < 1.29 is 0 Å². The summed E-state index contributed by atoms with van der Waals surface area (Å²) in [6.07, 6.45) is 14.1. The highest BCUT2D eigenvalue weighted by Crippen LogP contribution is 2.29. The molecule has 0 radical (unpaired) electrons. The van der Waals surface area contributed by atoms with Crippen LogP contribution in [0.5, 0.6) is 0 Å². The molecule has 0 aliphatic heterocycles. The van der Waals surface area contributed by atoms with Crippen molar-refractivity contribution in [2.75, 3.05) is 30.0 Å². The van der Waals surface area contributed by atoms with Crippen LogP contribution in [0.4, 0.5) is 11.8 Å². The van der Waals surface area contributed by atoms with Gasteiger partial charge in [-0.3, -0.25) is 9.71 Å². The number of allylic oxidation sites excluding steroid dienone is 4. The molecule has 1 unspecified atom stereocenters. The van der Waals surface area contributed by atoms with Crippen molar-refractivity contribution in [3.05, 3.63) is 69.1 Å². The second kappa shape index (κ2) is 20.9. The lowest BCUT2D eigenvalue weighted by atomic mass is 10.0. The van der Waals surface area contributed by atoms with Crippen molar-refractivity contribution >= 4 is 53.5 Å². The minimum Gasteiger partial charge on any atom is -0.370 e. The predicted molar refractivity (Wildman–Crippen MR) is 171 cm³/mol. The number of nitrogens with one attached hydrogen (secondary N) is 3. The van der Waals surface area contributed by atoms with Crippen LogP contribution in [0, 0.1) is 12.8 Å². The van der Waals surface area contributed by atoms with E-state index >= 15 is 0 Å². The van der Waals surface area contributed by atoms with Crippen LogP contribution >= 0.6 is 35.0 Å². The first-order valence-corrected chi connectivity index (χ1v) is 15.9. The maximum absolute atomic E-state index is 4.87. The smallest absolute Gasteiger partial charge is 0.225 e. The van der Waals surface area contributed by atoms with E-state index in [2.05, 4.69) is 64.7 Å². The molecule has 2 aromatic rings. The molecule has 0 saturated carbocycles. The summed E-state index contributed by atoms with van der Waals surface area (Å²) in [5, 5.41) is 9.09. The molecule has 2 rings (SSSR count). The molecule has 0 fully saturated rings. The molecule has 0 bridgehead atoms. The number of nitrogens with zero attached hydrogens (tertiary/aromatic N) is 3.